The van der Waals surface area contributed by atoms with Crippen molar-refractivity contribution in [3.8, 4) is 22.5 Å². The first kappa shape index (κ1) is 24.6. The van der Waals surface area contributed by atoms with Crippen LogP contribution < -0.4 is 0 Å². The molecule has 0 fully saturated rings. The molecule has 4 heterocycles. The Labute approximate surface area is 262 Å². The van der Waals surface area contributed by atoms with Crippen molar-refractivity contribution < 1.29 is 0 Å². The molecular formula is C40H24N4S. The predicted molar refractivity (Wildman–Crippen MR) is 189 cm³/mol. The Morgan fingerprint density at radius 2 is 1.02 bits per heavy atom. The van der Waals surface area contributed by atoms with Gasteiger partial charge >= 0.3 is 0 Å². The molecular weight excluding hydrogens is 569 g/mol. The van der Waals surface area contributed by atoms with Gasteiger partial charge in [0.15, 0.2) is 0 Å². The first-order valence-corrected chi connectivity index (χ1v) is 15.9. The summed E-state index contributed by atoms with van der Waals surface area (Å²) in [4.78, 5) is 10.3. The topological polar surface area (TPSA) is 35.6 Å². The number of aromatic nitrogens is 4. The minimum absolute atomic E-state index is 0.995. The van der Waals surface area contributed by atoms with Crippen molar-refractivity contribution in [1.29, 1.82) is 0 Å². The van der Waals surface area contributed by atoms with E-state index in [4.69, 9.17) is 4.98 Å². The van der Waals surface area contributed by atoms with Crippen LogP contribution >= 0.6 is 11.3 Å². The van der Waals surface area contributed by atoms with Crippen molar-refractivity contribution in [2.24, 2.45) is 0 Å². The molecule has 0 amide bonds. The van der Waals surface area contributed by atoms with Crippen LogP contribution in [0.3, 0.4) is 0 Å². The van der Waals surface area contributed by atoms with E-state index in [-0.39, 0.29) is 0 Å². The van der Waals surface area contributed by atoms with Gasteiger partial charge in [-0.2, -0.15) is 0 Å². The second-order valence-electron chi connectivity index (χ2n) is 11.4. The molecule has 0 bridgehead atoms. The molecule has 10 rings (SSSR count). The predicted octanol–water partition coefficient (Wildman–Crippen LogP) is 10.7. The number of para-hydroxylation sites is 3. The zero-order chi connectivity index (χ0) is 29.5. The normalized spacial score (nSPS) is 12.0. The van der Waals surface area contributed by atoms with E-state index in [1.165, 1.54) is 64.8 Å². The molecule has 4 nitrogen and oxygen atoms in total. The van der Waals surface area contributed by atoms with Gasteiger partial charge in [0.1, 0.15) is 11.2 Å². The Bertz CT molecular complexity index is 2730. The largest absolute Gasteiger partial charge is 0.309 e. The van der Waals surface area contributed by atoms with Gasteiger partial charge < -0.3 is 9.13 Å². The number of rotatable bonds is 3. The molecule has 0 aliphatic carbocycles. The van der Waals surface area contributed by atoms with Crippen LogP contribution in [-0.2, 0) is 0 Å². The second kappa shape index (κ2) is 9.36. The van der Waals surface area contributed by atoms with Crippen LogP contribution in [0.1, 0.15) is 0 Å². The van der Waals surface area contributed by atoms with Crippen molar-refractivity contribution in [2.45, 2.75) is 0 Å². The van der Waals surface area contributed by atoms with E-state index in [0.717, 1.165) is 21.6 Å². The van der Waals surface area contributed by atoms with E-state index in [1.807, 2.05) is 6.20 Å². The Morgan fingerprint density at radius 1 is 0.467 bits per heavy atom. The van der Waals surface area contributed by atoms with Gasteiger partial charge in [0, 0.05) is 49.9 Å². The van der Waals surface area contributed by atoms with Crippen molar-refractivity contribution in [3.05, 3.63) is 146 Å². The lowest BCUT2D eigenvalue weighted by atomic mass is 10.0. The van der Waals surface area contributed by atoms with Gasteiger partial charge in [-0.05, 0) is 47.5 Å². The van der Waals surface area contributed by atoms with E-state index in [1.54, 1.807) is 17.7 Å². The summed E-state index contributed by atoms with van der Waals surface area (Å²) in [5, 5.41) is 7.29. The molecule has 10 aromatic rings. The molecule has 0 unspecified atom stereocenters. The van der Waals surface area contributed by atoms with Crippen LogP contribution in [0.5, 0.6) is 0 Å². The summed E-state index contributed by atoms with van der Waals surface area (Å²) in [7, 11) is 0. The SMILES string of the molecule is c1ccc(-c2ccc(-n3c4ccccc4c4c5c6ccccc6n(-c6ccccc6)c5c5c6cncnc6sc5c43)cc2)cc1. The summed E-state index contributed by atoms with van der Waals surface area (Å²) in [5.74, 6) is 0. The molecule has 0 saturated heterocycles. The lowest BCUT2D eigenvalue weighted by molar-refractivity contribution is 1.18. The average Bonchev–Trinajstić information content (AvgIpc) is 3.77. The maximum absolute atomic E-state index is 4.78. The molecule has 0 saturated carbocycles. The van der Waals surface area contributed by atoms with Crippen LogP contribution in [0, 0.1) is 0 Å². The highest BCUT2D eigenvalue weighted by Gasteiger charge is 2.26. The number of fused-ring (bicyclic) bond motifs is 12. The number of benzene rings is 6. The first-order chi connectivity index (χ1) is 22.4. The van der Waals surface area contributed by atoms with Crippen LogP contribution in [0.15, 0.2) is 146 Å². The smallest absolute Gasteiger partial charge is 0.128 e. The van der Waals surface area contributed by atoms with Gasteiger partial charge in [0.2, 0.25) is 0 Å². The van der Waals surface area contributed by atoms with E-state index in [0.29, 0.717) is 0 Å². The Balaban J connectivity index is 1.45. The van der Waals surface area contributed by atoms with Gasteiger partial charge in [-0.25, -0.2) is 9.97 Å². The maximum Gasteiger partial charge on any atom is 0.128 e. The minimum atomic E-state index is 0.995. The third-order valence-electron chi connectivity index (χ3n) is 9.07. The summed E-state index contributed by atoms with van der Waals surface area (Å²) in [5.41, 5.74) is 9.49. The van der Waals surface area contributed by atoms with E-state index in [9.17, 15) is 0 Å². The van der Waals surface area contributed by atoms with Crippen LogP contribution in [-0.4, -0.2) is 19.1 Å². The zero-order valence-corrected chi connectivity index (χ0v) is 24.9. The molecule has 0 N–H and O–H groups in total. The molecule has 0 spiro atoms. The fourth-order valence-electron chi connectivity index (χ4n) is 7.23. The lowest BCUT2D eigenvalue weighted by Crippen LogP contribution is -1.96. The standard InChI is InChI=1S/C40H24N4S/c1-3-11-25(12-4-1)26-19-21-28(22-20-26)44-33-18-10-8-16-30(33)35-34-29-15-7-9-17-32(29)43(27-13-5-2-6-14-27)37(34)36-31-23-41-24-42-40(31)45-39(36)38(35)44/h1-24H. The Morgan fingerprint density at radius 3 is 1.73 bits per heavy atom. The second-order valence-corrected chi connectivity index (χ2v) is 12.4. The fourth-order valence-corrected chi connectivity index (χ4v) is 8.38. The quantitative estimate of drug-likeness (QED) is 0.205. The molecule has 5 heteroatoms. The summed E-state index contributed by atoms with van der Waals surface area (Å²) in [6.45, 7) is 0. The number of hydrogen-bond acceptors (Lipinski definition) is 3. The third kappa shape index (κ3) is 3.41. The van der Waals surface area contributed by atoms with Crippen molar-refractivity contribution in [2.75, 3.05) is 0 Å². The van der Waals surface area contributed by atoms with E-state index < -0.39 is 0 Å². The number of nitrogens with zero attached hydrogens (tertiary/aromatic N) is 4. The Hall–Kier alpha value is -5.78. The van der Waals surface area contributed by atoms with Gasteiger partial charge in [-0.15, -0.1) is 11.3 Å². The van der Waals surface area contributed by atoms with Gasteiger partial charge in [0.25, 0.3) is 0 Å². The van der Waals surface area contributed by atoms with E-state index in [2.05, 4.69) is 148 Å². The molecule has 45 heavy (non-hydrogen) atoms. The highest BCUT2D eigenvalue weighted by atomic mass is 32.1. The molecule has 0 radical (unpaired) electrons. The zero-order valence-electron chi connectivity index (χ0n) is 24.1. The first-order valence-electron chi connectivity index (χ1n) is 15.1. The molecule has 0 aliphatic heterocycles. The third-order valence-corrected chi connectivity index (χ3v) is 10.2. The summed E-state index contributed by atoms with van der Waals surface area (Å²) >= 11 is 1.76. The highest BCUT2D eigenvalue weighted by molar-refractivity contribution is 7.26. The summed E-state index contributed by atoms with van der Waals surface area (Å²) in [6.07, 6.45) is 3.65. The molecule has 0 aliphatic rings. The van der Waals surface area contributed by atoms with Crippen LogP contribution in [0.2, 0.25) is 0 Å². The summed E-state index contributed by atoms with van der Waals surface area (Å²) in [6, 6.07) is 47.9. The molecule has 6 aromatic carbocycles. The van der Waals surface area contributed by atoms with Crippen LogP contribution in [0.4, 0.5) is 0 Å². The molecule has 4 aromatic heterocycles. The van der Waals surface area contributed by atoms with Crippen molar-refractivity contribution in [1.82, 2.24) is 19.1 Å². The number of thiophene rings is 1. The number of hydrogen-bond donors (Lipinski definition) is 0. The minimum Gasteiger partial charge on any atom is -0.309 e. The van der Waals surface area contributed by atoms with Crippen molar-refractivity contribution in [3.63, 3.8) is 0 Å². The Kier molecular flexibility index (Phi) is 5.12. The highest BCUT2D eigenvalue weighted by Crippen LogP contribution is 2.50. The lowest BCUT2D eigenvalue weighted by Gasteiger charge is -2.12. The molecule has 0 atom stereocenters. The molecule has 210 valence electrons. The van der Waals surface area contributed by atoms with Gasteiger partial charge in [-0.1, -0.05) is 97.1 Å². The summed E-state index contributed by atoms with van der Waals surface area (Å²) < 4.78 is 6.11. The monoisotopic (exact) mass is 592 g/mol. The fraction of sp³-hybridized carbons (Fsp3) is 0. The van der Waals surface area contributed by atoms with Crippen LogP contribution in [0.25, 0.3) is 86.4 Å². The van der Waals surface area contributed by atoms with E-state index >= 15 is 0 Å². The average molecular weight is 593 g/mol. The maximum atomic E-state index is 4.78. The van der Waals surface area contributed by atoms with Gasteiger partial charge in [-0.3, -0.25) is 0 Å². The van der Waals surface area contributed by atoms with Crippen molar-refractivity contribution >= 4 is 75.3 Å². The van der Waals surface area contributed by atoms with Gasteiger partial charge in [0.05, 0.1) is 26.8 Å².